The molecule has 3 N–H and O–H groups in total. The molecule has 0 saturated carbocycles. The van der Waals surface area contributed by atoms with E-state index in [4.69, 9.17) is 10.2 Å². The highest BCUT2D eigenvalue weighted by molar-refractivity contribution is 9.10. The molecule has 4 nitrogen and oxygen atoms in total. The van der Waals surface area contributed by atoms with E-state index in [1.54, 1.807) is 0 Å². The Morgan fingerprint density at radius 3 is 2.46 bits per heavy atom. The lowest BCUT2D eigenvalue weighted by atomic mass is 10.3. The van der Waals surface area contributed by atoms with Gasteiger partial charge in [-0.05, 0) is 28.1 Å². The summed E-state index contributed by atoms with van der Waals surface area (Å²) in [5.74, 6) is -1.67. The van der Waals surface area contributed by atoms with Crippen molar-refractivity contribution in [3.63, 3.8) is 0 Å². The molecule has 0 bridgehead atoms. The molecule has 0 radical (unpaired) electrons. The average Bonchev–Trinajstić information content (AvgIpc) is 1.94. The molecule has 0 amide bonds. The van der Waals surface area contributed by atoms with Crippen LogP contribution in [0.4, 0.5) is 4.39 Å². The van der Waals surface area contributed by atoms with E-state index in [0.717, 1.165) is 6.07 Å². The van der Waals surface area contributed by atoms with Crippen LogP contribution < -0.4 is 5.14 Å². The molecule has 0 spiro atoms. The lowest BCUT2D eigenvalue weighted by molar-refractivity contribution is 0.430. The molecule has 1 aromatic carbocycles. The fourth-order valence-electron chi connectivity index (χ4n) is 0.736. The van der Waals surface area contributed by atoms with Crippen molar-refractivity contribution in [2.24, 2.45) is 5.14 Å². The number of rotatable bonds is 1. The van der Waals surface area contributed by atoms with Crippen LogP contribution >= 0.6 is 15.9 Å². The molecule has 7 heteroatoms. The third-order valence-corrected chi connectivity index (χ3v) is 3.18. The van der Waals surface area contributed by atoms with Crippen molar-refractivity contribution in [1.29, 1.82) is 0 Å². The predicted molar refractivity (Wildman–Crippen MR) is 47.1 cm³/mol. The van der Waals surface area contributed by atoms with Gasteiger partial charge in [0, 0.05) is 4.47 Å². The van der Waals surface area contributed by atoms with Crippen molar-refractivity contribution in [2.75, 3.05) is 0 Å². The van der Waals surface area contributed by atoms with E-state index in [9.17, 15) is 12.8 Å². The second kappa shape index (κ2) is 3.24. The van der Waals surface area contributed by atoms with Crippen molar-refractivity contribution >= 4 is 26.0 Å². The minimum absolute atomic E-state index is 0.0221. The van der Waals surface area contributed by atoms with Gasteiger partial charge in [0.1, 0.15) is 0 Å². The molecular weight excluding hydrogens is 265 g/mol. The quantitative estimate of drug-likeness (QED) is 0.796. The van der Waals surface area contributed by atoms with Crippen molar-refractivity contribution in [2.45, 2.75) is 4.90 Å². The zero-order valence-corrected chi connectivity index (χ0v) is 8.56. The standard InChI is InChI=1S/C6H5BrFNO3S/c7-3-1-5(10)4(8)2-6(3)13(9,11)12/h1-2,10H,(H2,9,11,12). The summed E-state index contributed by atoms with van der Waals surface area (Å²) in [7, 11) is -3.97. The van der Waals surface area contributed by atoms with Gasteiger partial charge in [-0.15, -0.1) is 0 Å². The first-order valence-electron chi connectivity index (χ1n) is 3.03. The van der Waals surface area contributed by atoms with Crippen molar-refractivity contribution in [1.82, 2.24) is 0 Å². The normalized spacial score (nSPS) is 11.6. The van der Waals surface area contributed by atoms with E-state index in [2.05, 4.69) is 15.9 Å². The number of hydrogen-bond donors (Lipinski definition) is 2. The average molecular weight is 270 g/mol. The summed E-state index contributed by atoms with van der Waals surface area (Å²) in [5, 5.41) is 13.6. The third-order valence-electron chi connectivity index (χ3n) is 1.31. The van der Waals surface area contributed by atoms with Crippen molar-refractivity contribution in [3.05, 3.63) is 22.4 Å². The second-order valence-electron chi connectivity index (χ2n) is 2.28. The molecular formula is C6H5BrFNO3S. The Balaban J connectivity index is 3.50. The number of sulfonamides is 1. The molecule has 0 fully saturated rings. The molecule has 0 aliphatic carbocycles. The maximum Gasteiger partial charge on any atom is 0.239 e. The van der Waals surface area contributed by atoms with Gasteiger partial charge in [0.05, 0.1) is 4.90 Å². The number of phenols is 1. The summed E-state index contributed by atoms with van der Waals surface area (Å²) in [5.41, 5.74) is 0. The Morgan fingerprint density at radius 1 is 1.46 bits per heavy atom. The Bertz CT molecular complexity index is 445. The zero-order valence-electron chi connectivity index (χ0n) is 6.16. The summed E-state index contributed by atoms with van der Waals surface area (Å²) in [4.78, 5) is -0.400. The first-order chi connectivity index (χ1) is 5.82. The van der Waals surface area contributed by atoms with Crippen LogP contribution in [0.25, 0.3) is 0 Å². The van der Waals surface area contributed by atoms with E-state index >= 15 is 0 Å². The summed E-state index contributed by atoms with van der Waals surface area (Å²) in [6, 6.07) is 1.57. The molecule has 1 aromatic rings. The molecule has 13 heavy (non-hydrogen) atoms. The molecule has 0 aromatic heterocycles. The van der Waals surface area contributed by atoms with Gasteiger partial charge < -0.3 is 5.11 Å². The van der Waals surface area contributed by atoms with Gasteiger partial charge >= 0.3 is 0 Å². The van der Waals surface area contributed by atoms with Gasteiger partial charge in [-0.3, -0.25) is 0 Å². The third kappa shape index (κ3) is 2.17. The van der Waals surface area contributed by atoms with Crippen LogP contribution in [-0.2, 0) is 10.0 Å². The van der Waals surface area contributed by atoms with Crippen LogP contribution in [0.15, 0.2) is 21.5 Å². The number of benzene rings is 1. The van der Waals surface area contributed by atoms with E-state index in [-0.39, 0.29) is 4.47 Å². The van der Waals surface area contributed by atoms with Crippen molar-refractivity contribution < 1.29 is 17.9 Å². The van der Waals surface area contributed by atoms with Gasteiger partial charge in [-0.2, -0.15) is 0 Å². The Kier molecular flexibility index (Phi) is 2.60. The van der Waals surface area contributed by atoms with Crippen LogP contribution in [0, 0.1) is 5.82 Å². The van der Waals surface area contributed by atoms with Gasteiger partial charge in [-0.1, -0.05) is 0 Å². The van der Waals surface area contributed by atoms with E-state index in [1.165, 1.54) is 0 Å². The topological polar surface area (TPSA) is 80.4 Å². The lowest BCUT2D eigenvalue weighted by Crippen LogP contribution is -2.13. The fraction of sp³-hybridized carbons (Fsp3) is 0. The minimum Gasteiger partial charge on any atom is -0.505 e. The van der Waals surface area contributed by atoms with Crippen LogP contribution in [0.5, 0.6) is 5.75 Å². The summed E-state index contributed by atoms with van der Waals surface area (Å²) < 4.78 is 34.4. The van der Waals surface area contributed by atoms with E-state index < -0.39 is 26.5 Å². The molecule has 0 aliphatic rings. The monoisotopic (exact) mass is 269 g/mol. The van der Waals surface area contributed by atoms with Crippen LogP contribution in [0.1, 0.15) is 0 Å². The van der Waals surface area contributed by atoms with Crippen molar-refractivity contribution in [3.8, 4) is 5.75 Å². The second-order valence-corrected chi connectivity index (χ2v) is 4.66. The molecule has 1 rings (SSSR count). The van der Waals surface area contributed by atoms with Crippen LogP contribution in [0.3, 0.4) is 0 Å². The Labute approximate surface area is 82.4 Å². The highest BCUT2D eigenvalue weighted by Gasteiger charge is 2.15. The summed E-state index contributed by atoms with van der Waals surface area (Å²) >= 11 is 2.83. The highest BCUT2D eigenvalue weighted by atomic mass is 79.9. The number of primary sulfonamides is 1. The SMILES string of the molecule is NS(=O)(=O)c1cc(F)c(O)cc1Br. The first kappa shape index (κ1) is 10.4. The Hall–Kier alpha value is -0.660. The number of aromatic hydroxyl groups is 1. The maximum absolute atomic E-state index is 12.7. The predicted octanol–water partition coefficient (Wildman–Crippen LogP) is 0.941. The highest BCUT2D eigenvalue weighted by Crippen LogP contribution is 2.27. The number of phenolic OH excluding ortho intramolecular Hbond substituents is 1. The number of nitrogens with two attached hydrogens (primary N) is 1. The summed E-state index contributed by atoms with van der Waals surface area (Å²) in [6.45, 7) is 0. The van der Waals surface area contributed by atoms with Gasteiger partial charge in [0.25, 0.3) is 0 Å². The number of halogens is 2. The molecule has 0 unspecified atom stereocenters. The summed E-state index contributed by atoms with van der Waals surface area (Å²) in [6.07, 6.45) is 0. The lowest BCUT2D eigenvalue weighted by Gasteiger charge is -2.02. The largest absolute Gasteiger partial charge is 0.505 e. The van der Waals surface area contributed by atoms with E-state index in [1.807, 2.05) is 0 Å². The van der Waals surface area contributed by atoms with Crippen LogP contribution in [-0.4, -0.2) is 13.5 Å². The fourth-order valence-corrected chi connectivity index (χ4v) is 2.34. The molecule has 0 heterocycles. The minimum atomic E-state index is -3.97. The van der Waals surface area contributed by atoms with E-state index in [0.29, 0.717) is 6.07 Å². The number of hydrogen-bond acceptors (Lipinski definition) is 3. The molecule has 0 atom stereocenters. The zero-order chi connectivity index (χ0) is 10.2. The van der Waals surface area contributed by atoms with Gasteiger partial charge in [0.15, 0.2) is 11.6 Å². The van der Waals surface area contributed by atoms with Gasteiger partial charge in [0.2, 0.25) is 10.0 Å². The first-order valence-corrected chi connectivity index (χ1v) is 5.37. The molecule has 72 valence electrons. The molecule has 0 aliphatic heterocycles. The smallest absolute Gasteiger partial charge is 0.239 e. The van der Waals surface area contributed by atoms with Gasteiger partial charge in [-0.25, -0.2) is 17.9 Å². The molecule has 0 saturated heterocycles. The maximum atomic E-state index is 12.7. The van der Waals surface area contributed by atoms with Crippen LogP contribution in [0.2, 0.25) is 0 Å². The Morgan fingerprint density at radius 2 is 2.00 bits per heavy atom.